The zero-order valence-corrected chi connectivity index (χ0v) is 28.8. The summed E-state index contributed by atoms with van der Waals surface area (Å²) in [6, 6.07) is 33.8. The van der Waals surface area contributed by atoms with Crippen molar-refractivity contribution >= 4 is 83.2 Å². The van der Waals surface area contributed by atoms with Gasteiger partial charge in [-0.15, -0.1) is 22.7 Å². The van der Waals surface area contributed by atoms with Crippen LogP contribution in [0.15, 0.2) is 114 Å². The quantitative estimate of drug-likeness (QED) is 0.199. The molecule has 0 radical (unpaired) electrons. The molecule has 2 nitrogen and oxygen atoms in total. The highest BCUT2D eigenvalue weighted by Crippen LogP contribution is 2.47. The lowest BCUT2D eigenvalue weighted by molar-refractivity contribution is 0.652. The summed E-state index contributed by atoms with van der Waals surface area (Å²) < 4.78 is 5.43. The van der Waals surface area contributed by atoms with Crippen molar-refractivity contribution in [3.05, 3.63) is 158 Å². The van der Waals surface area contributed by atoms with Crippen LogP contribution in [-0.4, -0.2) is 4.57 Å². The van der Waals surface area contributed by atoms with E-state index < -0.39 is 0 Å². The smallest absolute Gasteiger partial charge is 0.124 e. The second-order valence-corrected chi connectivity index (χ2v) is 16.0. The van der Waals surface area contributed by atoms with Gasteiger partial charge < -0.3 is 9.88 Å². The molecule has 0 saturated carbocycles. The number of nitrogens with zero attached hydrogens (tertiary/aromatic N) is 1. The van der Waals surface area contributed by atoms with Crippen LogP contribution in [0.2, 0.25) is 0 Å². The maximum atomic E-state index is 3.99. The van der Waals surface area contributed by atoms with Crippen molar-refractivity contribution in [1.82, 2.24) is 4.57 Å². The molecule has 0 spiro atoms. The monoisotopic (exact) mass is 666 g/mol. The lowest BCUT2D eigenvalue weighted by Crippen LogP contribution is -2.23. The summed E-state index contributed by atoms with van der Waals surface area (Å²) in [7, 11) is 0. The van der Waals surface area contributed by atoms with E-state index in [0.29, 0.717) is 0 Å². The van der Waals surface area contributed by atoms with E-state index in [1.165, 1.54) is 91.9 Å². The molecule has 4 heteroatoms. The number of fused-ring (bicyclic) bond motifs is 10. The minimum absolute atomic E-state index is 0.00636. The van der Waals surface area contributed by atoms with Crippen LogP contribution < -0.4 is 5.32 Å². The molecule has 1 N–H and O–H groups in total. The molecule has 11 rings (SSSR count). The van der Waals surface area contributed by atoms with Crippen LogP contribution in [0.4, 0.5) is 5.69 Å². The largest absolute Gasteiger partial charge is 0.361 e. The Balaban J connectivity index is 1.07. The topological polar surface area (TPSA) is 17.0 Å². The standard InChI is InChI=1S/C45H34N2S2/c1-5-16-38-29(10-1)35(34-15-9-14-33-31-12-3-8-19-42(31)49-45(33)34)26-44(46-38)47-39-17-6-2-11-30(39)36-24-27(20-22-40(36)47)28-21-23-43-37(25-28)32-13-4-7-18-41(32)48-43/h1-2,4-11,13-19,24-26,44,46H,3,12,20-23H2. The van der Waals surface area contributed by atoms with Gasteiger partial charge in [-0.2, -0.15) is 0 Å². The molecule has 236 valence electrons. The number of benzene rings is 4. The van der Waals surface area contributed by atoms with E-state index in [1.807, 2.05) is 22.7 Å². The molecule has 1 unspecified atom stereocenters. The Bertz CT molecular complexity index is 2650. The molecule has 4 aromatic carbocycles. The summed E-state index contributed by atoms with van der Waals surface area (Å²) in [5, 5.41) is 8.17. The Morgan fingerprint density at radius 2 is 1.43 bits per heavy atom. The molecule has 3 aromatic heterocycles. The first-order valence-electron chi connectivity index (χ1n) is 17.6. The average molecular weight is 667 g/mol. The van der Waals surface area contributed by atoms with Crippen molar-refractivity contribution in [3.63, 3.8) is 0 Å². The van der Waals surface area contributed by atoms with Crippen molar-refractivity contribution in [3.8, 4) is 0 Å². The normalized spacial score (nSPS) is 18.0. The van der Waals surface area contributed by atoms with Crippen LogP contribution in [0.3, 0.4) is 0 Å². The highest BCUT2D eigenvalue weighted by Gasteiger charge is 2.29. The molecule has 4 aliphatic rings. The van der Waals surface area contributed by atoms with Gasteiger partial charge >= 0.3 is 0 Å². The zero-order chi connectivity index (χ0) is 32.1. The van der Waals surface area contributed by atoms with E-state index in [0.717, 1.165) is 38.5 Å². The molecule has 1 atom stereocenters. The van der Waals surface area contributed by atoms with Gasteiger partial charge in [-0.1, -0.05) is 78.9 Å². The molecule has 0 fully saturated rings. The van der Waals surface area contributed by atoms with E-state index in [1.54, 1.807) is 4.88 Å². The number of rotatable bonds is 3. The minimum atomic E-state index is 0.00636. The maximum absolute atomic E-state index is 3.99. The van der Waals surface area contributed by atoms with Gasteiger partial charge in [0.2, 0.25) is 0 Å². The van der Waals surface area contributed by atoms with Crippen molar-refractivity contribution in [2.75, 3.05) is 5.32 Å². The molecule has 4 heterocycles. The first-order valence-corrected chi connectivity index (χ1v) is 19.2. The number of anilines is 1. The molecular formula is C45H34N2S2. The zero-order valence-electron chi connectivity index (χ0n) is 27.1. The number of nitrogens with one attached hydrogen (secondary N) is 1. The lowest BCUT2D eigenvalue weighted by atomic mass is 9.85. The van der Waals surface area contributed by atoms with Crippen LogP contribution in [0, 0.1) is 0 Å². The third kappa shape index (κ3) is 4.24. The van der Waals surface area contributed by atoms with E-state index in [4.69, 9.17) is 0 Å². The van der Waals surface area contributed by atoms with Crippen LogP contribution in [-0.2, 0) is 19.3 Å². The third-order valence-electron chi connectivity index (χ3n) is 11.2. The first kappa shape index (κ1) is 28.0. The fourth-order valence-corrected chi connectivity index (χ4v) is 11.4. The van der Waals surface area contributed by atoms with Crippen molar-refractivity contribution in [1.29, 1.82) is 0 Å². The van der Waals surface area contributed by atoms with E-state index >= 15 is 0 Å². The van der Waals surface area contributed by atoms with Gasteiger partial charge in [-0.05, 0) is 120 Å². The Morgan fingerprint density at radius 3 is 2.39 bits per heavy atom. The average Bonchev–Trinajstić information content (AvgIpc) is 3.83. The van der Waals surface area contributed by atoms with E-state index in [2.05, 4.69) is 131 Å². The van der Waals surface area contributed by atoms with Gasteiger partial charge in [0.1, 0.15) is 6.17 Å². The molecule has 0 amide bonds. The van der Waals surface area contributed by atoms with Crippen LogP contribution >= 0.6 is 22.7 Å². The second-order valence-electron chi connectivity index (χ2n) is 13.8. The maximum Gasteiger partial charge on any atom is 0.124 e. The molecule has 0 bridgehead atoms. The van der Waals surface area contributed by atoms with Gasteiger partial charge in [-0.3, -0.25) is 0 Å². The van der Waals surface area contributed by atoms with Gasteiger partial charge in [0.05, 0.1) is 5.52 Å². The Hall–Kier alpha value is -4.90. The third-order valence-corrected chi connectivity index (χ3v) is 13.7. The van der Waals surface area contributed by atoms with Gasteiger partial charge in [0.25, 0.3) is 0 Å². The summed E-state index contributed by atoms with van der Waals surface area (Å²) >= 11 is 3.94. The number of allylic oxidation sites excluding steroid dienone is 3. The summed E-state index contributed by atoms with van der Waals surface area (Å²) in [4.78, 5) is 2.97. The van der Waals surface area contributed by atoms with Crippen molar-refractivity contribution < 1.29 is 0 Å². The molecule has 1 aliphatic heterocycles. The van der Waals surface area contributed by atoms with E-state index in [9.17, 15) is 0 Å². The van der Waals surface area contributed by atoms with Gasteiger partial charge in [-0.25, -0.2) is 0 Å². The highest BCUT2D eigenvalue weighted by molar-refractivity contribution is 7.20. The Morgan fingerprint density at radius 1 is 0.653 bits per heavy atom. The number of aromatic nitrogens is 1. The fourth-order valence-electron chi connectivity index (χ4n) is 8.91. The Labute approximate surface area is 294 Å². The van der Waals surface area contributed by atoms with Crippen LogP contribution in [0.1, 0.15) is 68.7 Å². The number of thiophene rings is 2. The molecule has 0 saturated heterocycles. The van der Waals surface area contributed by atoms with Gasteiger partial charge in [0.15, 0.2) is 0 Å². The summed E-state index contributed by atoms with van der Waals surface area (Å²) in [6.07, 6.45) is 18.9. The van der Waals surface area contributed by atoms with Crippen molar-refractivity contribution in [2.24, 2.45) is 0 Å². The highest BCUT2D eigenvalue weighted by atomic mass is 32.1. The van der Waals surface area contributed by atoms with Gasteiger partial charge in [0, 0.05) is 52.6 Å². The van der Waals surface area contributed by atoms with Crippen LogP contribution in [0.5, 0.6) is 0 Å². The SMILES string of the molecule is C1=Cc2sc3c(C4=CC(n5c6c(c7ccccc75)C=C(C5=Cc7c(sc8ccccc78)CC5)CC6)Nc5ccccc54)cccc3c2CC1. The van der Waals surface area contributed by atoms with Crippen LogP contribution in [0.25, 0.3) is 54.9 Å². The van der Waals surface area contributed by atoms with E-state index in [-0.39, 0.29) is 6.17 Å². The minimum Gasteiger partial charge on any atom is -0.361 e. The number of hydrogen-bond acceptors (Lipinski definition) is 3. The predicted molar refractivity (Wildman–Crippen MR) is 212 cm³/mol. The number of aryl methyl sites for hydroxylation is 2. The Kier molecular flexibility index (Phi) is 6.17. The lowest BCUT2D eigenvalue weighted by Gasteiger charge is -2.30. The summed E-state index contributed by atoms with van der Waals surface area (Å²) in [5.74, 6) is 0. The fraction of sp³-hybridized carbons (Fsp3) is 0.156. The summed E-state index contributed by atoms with van der Waals surface area (Å²) in [5.41, 5.74) is 15.3. The number of hydrogen-bond donors (Lipinski definition) is 1. The molecule has 7 aromatic rings. The second kappa shape index (κ2) is 10.8. The summed E-state index contributed by atoms with van der Waals surface area (Å²) in [6.45, 7) is 0. The first-order chi connectivity index (χ1) is 24.3. The molecule has 49 heavy (non-hydrogen) atoms. The number of para-hydroxylation sites is 2. The van der Waals surface area contributed by atoms with Crippen molar-refractivity contribution in [2.45, 2.75) is 44.7 Å². The predicted octanol–water partition coefficient (Wildman–Crippen LogP) is 12.4. The molecule has 3 aliphatic carbocycles. The molecular weight excluding hydrogens is 633 g/mol.